The molecule has 0 saturated carbocycles. The number of benzene rings is 1. The van der Waals surface area contributed by atoms with E-state index in [0.717, 1.165) is 6.07 Å². The lowest BCUT2D eigenvalue weighted by molar-refractivity contribution is -0.144. The van der Waals surface area contributed by atoms with Gasteiger partial charge in [0.25, 0.3) is 5.91 Å². The summed E-state index contributed by atoms with van der Waals surface area (Å²) in [6, 6.07) is 3.99. The van der Waals surface area contributed by atoms with E-state index < -0.39 is 23.2 Å². The quantitative estimate of drug-likeness (QED) is 0.871. The van der Waals surface area contributed by atoms with Gasteiger partial charge in [-0.2, -0.15) is 0 Å². The molecule has 0 heterocycles. The highest BCUT2D eigenvalue weighted by atomic mass is 79.9. The molecule has 0 aliphatic heterocycles. The van der Waals surface area contributed by atoms with Gasteiger partial charge < -0.3 is 10.4 Å². The van der Waals surface area contributed by atoms with Crippen molar-refractivity contribution in [3.05, 3.63) is 34.1 Å². The maximum Gasteiger partial charge on any atom is 0.329 e. The van der Waals surface area contributed by atoms with Crippen LogP contribution in [0.3, 0.4) is 0 Å². The molecule has 104 valence electrons. The molecule has 0 aliphatic rings. The van der Waals surface area contributed by atoms with Gasteiger partial charge in [0.15, 0.2) is 0 Å². The van der Waals surface area contributed by atoms with Crippen molar-refractivity contribution in [3.63, 3.8) is 0 Å². The number of carboxylic acids is 1. The summed E-state index contributed by atoms with van der Waals surface area (Å²) in [7, 11) is 0. The zero-order chi connectivity index (χ0) is 14.6. The largest absolute Gasteiger partial charge is 0.480 e. The summed E-state index contributed by atoms with van der Waals surface area (Å²) in [6.07, 6.45) is 0.859. The fourth-order valence-electron chi connectivity index (χ4n) is 1.71. The summed E-state index contributed by atoms with van der Waals surface area (Å²) in [5.74, 6) is -2.57. The van der Waals surface area contributed by atoms with Crippen molar-refractivity contribution in [2.24, 2.45) is 0 Å². The number of carbonyl (C=O) groups excluding carboxylic acids is 1. The van der Waals surface area contributed by atoms with E-state index in [2.05, 4.69) is 21.2 Å². The Morgan fingerprint density at radius 3 is 2.58 bits per heavy atom. The van der Waals surface area contributed by atoms with Crippen molar-refractivity contribution >= 4 is 27.8 Å². The lowest BCUT2D eigenvalue weighted by atomic mass is 9.95. The van der Waals surface area contributed by atoms with Gasteiger partial charge in [-0.3, -0.25) is 4.79 Å². The normalized spacial score (nSPS) is 13.7. The van der Waals surface area contributed by atoms with Gasteiger partial charge in [0.2, 0.25) is 0 Å². The Morgan fingerprint density at radius 2 is 2.11 bits per heavy atom. The van der Waals surface area contributed by atoms with Crippen LogP contribution >= 0.6 is 15.9 Å². The number of rotatable bonds is 5. The van der Waals surface area contributed by atoms with Crippen molar-refractivity contribution in [3.8, 4) is 0 Å². The van der Waals surface area contributed by atoms with E-state index in [-0.39, 0.29) is 12.0 Å². The van der Waals surface area contributed by atoms with E-state index in [1.807, 2.05) is 6.92 Å². The summed E-state index contributed by atoms with van der Waals surface area (Å²) < 4.78 is 14.1. The summed E-state index contributed by atoms with van der Waals surface area (Å²) in [4.78, 5) is 23.1. The molecule has 0 radical (unpaired) electrons. The van der Waals surface area contributed by atoms with Crippen LogP contribution in [0.25, 0.3) is 0 Å². The third-order valence-corrected chi connectivity index (χ3v) is 3.28. The molecule has 0 bridgehead atoms. The topological polar surface area (TPSA) is 66.4 Å². The molecule has 1 unspecified atom stereocenters. The number of amides is 1. The standard InChI is InChI=1S/C13H15BrFNO3/c1-3-6-13(2,12(18)19)16-11(17)9-5-4-8(14)7-10(9)15/h4-5,7H,3,6H2,1-2H3,(H,16,17)(H,18,19). The second-order valence-corrected chi connectivity index (χ2v) is 5.38. The molecule has 1 rings (SSSR count). The third kappa shape index (κ3) is 3.76. The van der Waals surface area contributed by atoms with Crippen LogP contribution in [0, 0.1) is 5.82 Å². The minimum Gasteiger partial charge on any atom is -0.480 e. The fourth-order valence-corrected chi connectivity index (χ4v) is 2.05. The molecular formula is C13H15BrFNO3. The first-order chi connectivity index (χ1) is 8.80. The van der Waals surface area contributed by atoms with Gasteiger partial charge in [0.05, 0.1) is 5.56 Å². The van der Waals surface area contributed by atoms with Crippen LogP contribution in [0.4, 0.5) is 4.39 Å². The Morgan fingerprint density at radius 1 is 1.47 bits per heavy atom. The molecule has 1 atom stereocenters. The Balaban J connectivity index is 2.97. The highest BCUT2D eigenvalue weighted by Crippen LogP contribution is 2.18. The first-order valence-electron chi connectivity index (χ1n) is 5.81. The van der Waals surface area contributed by atoms with Crippen LogP contribution in [0.2, 0.25) is 0 Å². The predicted molar refractivity (Wildman–Crippen MR) is 72.5 cm³/mol. The van der Waals surface area contributed by atoms with Crippen molar-refractivity contribution in [2.75, 3.05) is 0 Å². The number of carboxylic acid groups (broad SMARTS) is 1. The highest BCUT2D eigenvalue weighted by molar-refractivity contribution is 9.10. The van der Waals surface area contributed by atoms with Gasteiger partial charge in [-0.05, 0) is 31.5 Å². The van der Waals surface area contributed by atoms with E-state index in [4.69, 9.17) is 5.11 Å². The Hall–Kier alpha value is -1.43. The Kier molecular flexibility index (Phi) is 5.05. The molecular weight excluding hydrogens is 317 g/mol. The maximum atomic E-state index is 13.6. The second-order valence-electron chi connectivity index (χ2n) is 4.47. The van der Waals surface area contributed by atoms with Gasteiger partial charge in [0.1, 0.15) is 11.4 Å². The zero-order valence-corrected chi connectivity index (χ0v) is 12.3. The minimum absolute atomic E-state index is 0.174. The molecule has 0 fully saturated rings. The van der Waals surface area contributed by atoms with E-state index in [1.165, 1.54) is 19.1 Å². The smallest absolute Gasteiger partial charge is 0.329 e. The first-order valence-corrected chi connectivity index (χ1v) is 6.60. The second kappa shape index (κ2) is 6.14. The monoisotopic (exact) mass is 331 g/mol. The van der Waals surface area contributed by atoms with Gasteiger partial charge in [-0.1, -0.05) is 29.3 Å². The van der Waals surface area contributed by atoms with Gasteiger partial charge in [-0.15, -0.1) is 0 Å². The van der Waals surface area contributed by atoms with Crippen LogP contribution in [0.15, 0.2) is 22.7 Å². The van der Waals surface area contributed by atoms with Gasteiger partial charge in [-0.25, -0.2) is 9.18 Å². The molecule has 19 heavy (non-hydrogen) atoms. The number of hydrogen-bond donors (Lipinski definition) is 2. The number of hydrogen-bond acceptors (Lipinski definition) is 2. The molecule has 0 spiro atoms. The lowest BCUT2D eigenvalue weighted by Crippen LogP contribution is -2.52. The summed E-state index contributed by atoms with van der Waals surface area (Å²) in [6.45, 7) is 3.22. The van der Waals surface area contributed by atoms with Crippen molar-refractivity contribution < 1.29 is 19.1 Å². The molecule has 0 aliphatic carbocycles. The summed E-state index contributed by atoms with van der Waals surface area (Å²) >= 11 is 3.09. The molecule has 1 amide bonds. The van der Waals surface area contributed by atoms with Crippen LogP contribution in [-0.2, 0) is 4.79 Å². The SMILES string of the molecule is CCCC(C)(NC(=O)c1ccc(Br)cc1F)C(=O)O. The first kappa shape index (κ1) is 15.6. The van der Waals surface area contributed by atoms with E-state index >= 15 is 0 Å². The van der Waals surface area contributed by atoms with Crippen molar-refractivity contribution in [1.82, 2.24) is 5.32 Å². The van der Waals surface area contributed by atoms with Crippen molar-refractivity contribution in [2.45, 2.75) is 32.2 Å². The molecule has 1 aromatic rings. The van der Waals surface area contributed by atoms with Gasteiger partial charge in [0, 0.05) is 4.47 Å². The maximum absolute atomic E-state index is 13.6. The molecule has 6 heteroatoms. The minimum atomic E-state index is -1.40. The van der Waals surface area contributed by atoms with Crippen LogP contribution < -0.4 is 5.32 Å². The van der Waals surface area contributed by atoms with Crippen LogP contribution in [-0.4, -0.2) is 22.5 Å². The molecule has 2 N–H and O–H groups in total. The third-order valence-electron chi connectivity index (χ3n) is 2.79. The Bertz CT molecular complexity index is 507. The fraction of sp³-hybridized carbons (Fsp3) is 0.385. The molecule has 0 aromatic heterocycles. The van der Waals surface area contributed by atoms with Crippen LogP contribution in [0.5, 0.6) is 0 Å². The summed E-state index contributed by atoms with van der Waals surface area (Å²) in [5, 5.41) is 11.5. The van der Waals surface area contributed by atoms with Crippen molar-refractivity contribution in [1.29, 1.82) is 0 Å². The molecule has 4 nitrogen and oxygen atoms in total. The lowest BCUT2D eigenvalue weighted by Gasteiger charge is -2.25. The Labute approximate surface area is 119 Å². The average Bonchev–Trinajstić information content (AvgIpc) is 2.28. The van der Waals surface area contributed by atoms with E-state index in [9.17, 15) is 14.0 Å². The molecule has 1 aromatic carbocycles. The predicted octanol–water partition coefficient (Wildman–Crippen LogP) is 2.96. The van der Waals surface area contributed by atoms with Crippen LogP contribution in [0.1, 0.15) is 37.0 Å². The average molecular weight is 332 g/mol. The van der Waals surface area contributed by atoms with E-state index in [0.29, 0.717) is 10.9 Å². The number of aliphatic carboxylic acids is 1. The zero-order valence-electron chi connectivity index (χ0n) is 10.7. The highest BCUT2D eigenvalue weighted by Gasteiger charge is 2.34. The van der Waals surface area contributed by atoms with Gasteiger partial charge >= 0.3 is 5.97 Å². The molecule has 0 saturated heterocycles. The number of halogens is 2. The van der Waals surface area contributed by atoms with E-state index in [1.54, 1.807) is 0 Å². The number of nitrogens with one attached hydrogen (secondary N) is 1. The number of carbonyl (C=O) groups is 2. The summed E-state index contributed by atoms with van der Waals surface area (Å²) in [5.41, 5.74) is -1.57.